The van der Waals surface area contributed by atoms with Crippen molar-refractivity contribution in [2.75, 3.05) is 13.7 Å². The van der Waals surface area contributed by atoms with Gasteiger partial charge in [0.05, 0.1) is 7.11 Å². The largest absolute Gasteiger partial charge is 0.497 e. The zero-order valence-corrected chi connectivity index (χ0v) is 16.1. The molecular weight excluding hydrogens is 350 g/mol. The van der Waals surface area contributed by atoms with Crippen LogP contribution in [0.15, 0.2) is 24.3 Å². The molecule has 0 aliphatic heterocycles. The highest BCUT2D eigenvalue weighted by atomic mass is 32.1. The Hall–Kier alpha value is -2.34. The van der Waals surface area contributed by atoms with Crippen molar-refractivity contribution in [1.29, 1.82) is 0 Å². The molecule has 0 saturated carbocycles. The molecule has 0 fully saturated rings. The summed E-state index contributed by atoms with van der Waals surface area (Å²) in [6, 6.07) is 7.99. The third-order valence-corrected chi connectivity index (χ3v) is 5.78. The second kappa shape index (κ2) is 7.91. The Balaban J connectivity index is 1.71. The number of benzene rings is 1. The van der Waals surface area contributed by atoms with E-state index in [-0.39, 0.29) is 18.6 Å². The fraction of sp³-hybridized carbons (Fsp3) is 0.400. The Kier molecular flexibility index (Phi) is 5.61. The predicted molar refractivity (Wildman–Crippen MR) is 102 cm³/mol. The molecule has 2 aromatic rings. The molecule has 1 atom stereocenters. The average molecular weight is 373 g/mol. The Morgan fingerprint density at radius 1 is 1.23 bits per heavy atom. The van der Waals surface area contributed by atoms with Crippen molar-refractivity contribution < 1.29 is 19.1 Å². The first kappa shape index (κ1) is 18.5. The highest BCUT2D eigenvalue weighted by molar-refractivity contribution is 7.17. The number of thiophene rings is 1. The van der Waals surface area contributed by atoms with Crippen LogP contribution in [0.5, 0.6) is 5.75 Å². The van der Waals surface area contributed by atoms with Crippen LogP contribution in [-0.2, 0) is 22.4 Å². The zero-order valence-electron chi connectivity index (χ0n) is 15.3. The SMILES string of the molecule is CCC(C)NC(=O)COC(=O)c1cc2c(s1)-c1ccc(OC)cc1CC2. The number of esters is 1. The molecule has 1 aliphatic carbocycles. The maximum absolute atomic E-state index is 12.3. The van der Waals surface area contributed by atoms with Gasteiger partial charge in [0.15, 0.2) is 6.61 Å². The number of methoxy groups -OCH3 is 1. The summed E-state index contributed by atoms with van der Waals surface area (Å²) in [7, 11) is 1.66. The molecule has 138 valence electrons. The standard InChI is InChI=1S/C20H23NO4S/c1-4-12(2)21-18(22)11-25-20(23)17-10-14-6-5-13-9-15(24-3)7-8-16(13)19(14)26-17/h7-10,12H,4-6,11H2,1-3H3,(H,21,22). The van der Waals surface area contributed by atoms with Gasteiger partial charge < -0.3 is 14.8 Å². The Morgan fingerprint density at radius 3 is 2.73 bits per heavy atom. The number of carbonyl (C=O) groups excluding carboxylic acids is 2. The molecule has 1 aliphatic rings. The maximum Gasteiger partial charge on any atom is 0.348 e. The smallest absolute Gasteiger partial charge is 0.348 e. The minimum atomic E-state index is -0.446. The van der Waals surface area contributed by atoms with Gasteiger partial charge in [0.1, 0.15) is 10.6 Å². The van der Waals surface area contributed by atoms with Crippen LogP contribution >= 0.6 is 11.3 Å². The summed E-state index contributed by atoms with van der Waals surface area (Å²) in [5.41, 5.74) is 3.53. The number of aryl methyl sites for hydroxylation is 2. The van der Waals surface area contributed by atoms with Gasteiger partial charge >= 0.3 is 5.97 Å². The van der Waals surface area contributed by atoms with Gasteiger partial charge in [-0.25, -0.2) is 4.79 Å². The van der Waals surface area contributed by atoms with E-state index in [0.717, 1.165) is 41.0 Å². The summed E-state index contributed by atoms with van der Waals surface area (Å²) in [6.07, 6.45) is 2.64. The van der Waals surface area contributed by atoms with E-state index < -0.39 is 5.97 Å². The molecule has 1 N–H and O–H groups in total. The van der Waals surface area contributed by atoms with E-state index in [9.17, 15) is 9.59 Å². The highest BCUT2D eigenvalue weighted by Crippen LogP contribution is 2.40. The van der Waals surface area contributed by atoms with Crippen LogP contribution in [0.3, 0.4) is 0 Å². The summed E-state index contributed by atoms with van der Waals surface area (Å²) in [4.78, 5) is 25.7. The van der Waals surface area contributed by atoms with Crippen molar-refractivity contribution in [3.05, 3.63) is 40.3 Å². The number of nitrogens with one attached hydrogen (secondary N) is 1. The van der Waals surface area contributed by atoms with Gasteiger partial charge in [-0.1, -0.05) is 6.92 Å². The van der Waals surface area contributed by atoms with Crippen LogP contribution in [0.1, 0.15) is 41.1 Å². The van der Waals surface area contributed by atoms with Gasteiger partial charge in [-0.3, -0.25) is 4.79 Å². The lowest BCUT2D eigenvalue weighted by molar-refractivity contribution is -0.124. The van der Waals surface area contributed by atoms with Crippen LogP contribution < -0.4 is 10.1 Å². The van der Waals surface area contributed by atoms with Gasteiger partial charge in [0.2, 0.25) is 0 Å². The highest BCUT2D eigenvalue weighted by Gasteiger charge is 2.23. The van der Waals surface area contributed by atoms with Crippen LogP contribution in [0.2, 0.25) is 0 Å². The van der Waals surface area contributed by atoms with Gasteiger partial charge in [0, 0.05) is 10.9 Å². The second-order valence-electron chi connectivity index (χ2n) is 6.44. The second-order valence-corrected chi connectivity index (χ2v) is 7.49. The normalized spacial score (nSPS) is 13.3. The lowest BCUT2D eigenvalue weighted by atomic mass is 9.91. The van der Waals surface area contributed by atoms with Crippen LogP contribution in [-0.4, -0.2) is 31.6 Å². The van der Waals surface area contributed by atoms with Crippen LogP contribution in [0, 0.1) is 0 Å². The molecule has 1 amide bonds. The topological polar surface area (TPSA) is 64.6 Å². The van der Waals surface area contributed by atoms with Crippen molar-refractivity contribution in [1.82, 2.24) is 5.32 Å². The van der Waals surface area contributed by atoms with Gasteiger partial charge in [-0.15, -0.1) is 11.3 Å². The van der Waals surface area contributed by atoms with Crippen molar-refractivity contribution in [2.45, 2.75) is 39.2 Å². The predicted octanol–water partition coefficient (Wildman–Crippen LogP) is 3.59. The minimum absolute atomic E-state index is 0.0729. The molecule has 1 heterocycles. The summed E-state index contributed by atoms with van der Waals surface area (Å²) in [5, 5.41) is 2.78. The molecule has 5 nitrogen and oxygen atoms in total. The van der Waals surface area contributed by atoms with E-state index >= 15 is 0 Å². The third kappa shape index (κ3) is 3.90. The fourth-order valence-corrected chi connectivity index (χ4v) is 4.12. The molecule has 26 heavy (non-hydrogen) atoms. The fourth-order valence-electron chi connectivity index (χ4n) is 2.96. The molecule has 0 spiro atoms. The van der Waals surface area contributed by atoms with E-state index in [1.807, 2.05) is 32.0 Å². The Labute approximate surface area is 157 Å². The minimum Gasteiger partial charge on any atom is -0.497 e. The third-order valence-electron chi connectivity index (χ3n) is 4.59. The first-order valence-corrected chi connectivity index (χ1v) is 9.60. The van der Waals surface area contributed by atoms with E-state index in [0.29, 0.717) is 4.88 Å². The lowest BCUT2D eigenvalue weighted by Crippen LogP contribution is -2.35. The number of hydrogen-bond donors (Lipinski definition) is 1. The maximum atomic E-state index is 12.3. The first-order valence-electron chi connectivity index (χ1n) is 8.78. The number of ether oxygens (including phenoxy) is 2. The zero-order chi connectivity index (χ0) is 18.7. The quantitative estimate of drug-likeness (QED) is 0.786. The van der Waals surface area contributed by atoms with Crippen molar-refractivity contribution in [2.24, 2.45) is 0 Å². The molecule has 1 aromatic carbocycles. The summed E-state index contributed by atoms with van der Waals surface area (Å²) >= 11 is 1.42. The Morgan fingerprint density at radius 2 is 2.00 bits per heavy atom. The van der Waals surface area contributed by atoms with Crippen LogP contribution in [0.4, 0.5) is 0 Å². The summed E-state index contributed by atoms with van der Waals surface area (Å²) < 4.78 is 10.5. The van der Waals surface area contributed by atoms with E-state index in [1.54, 1.807) is 7.11 Å². The summed E-state index contributed by atoms with van der Waals surface area (Å²) in [6.45, 7) is 3.65. The molecule has 3 rings (SSSR count). The molecular formula is C20H23NO4S. The lowest BCUT2D eigenvalue weighted by Gasteiger charge is -2.16. The van der Waals surface area contributed by atoms with Gasteiger partial charge in [-0.2, -0.15) is 0 Å². The number of carbonyl (C=O) groups is 2. The number of hydrogen-bond acceptors (Lipinski definition) is 5. The Bertz CT molecular complexity index is 827. The van der Waals surface area contributed by atoms with Crippen molar-refractivity contribution in [3.63, 3.8) is 0 Å². The van der Waals surface area contributed by atoms with Crippen molar-refractivity contribution in [3.8, 4) is 16.2 Å². The van der Waals surface area contributed by atoms with Gasteiger partial charge in [0.25, 0.3) is 5.91 Å². The number of rotatable bonds is 6. The number of amides is 1. The summed E-state index contributed by atoms with van der Waals surface area (Å²) in [5.74, 6) is 0.126. The molecule has 0 saturated heterocycles. The molecule has 0 radical (unpaired) electrons. The number of fused-ring (bicyclic) bond motifs is 3. The van der Waals surface area contributed by atoms with E-state index in [1.165, 1.54) is 16.9 Å². The van der Waals surface area contributed by atoms with E-state index in [2.05, 4.69) is 11.4 Å². The average Bonchev–Trinajstić information content (AvgIpc) is 3.10. The van der Waals surface area contributed by atoms with E-state index in [4.69, 9.17) is 9.47 Å². The monoisotopic (exact) mass is 373 g/mol. The molecule has 6 heteroatoms. The van der Waals surface area contributed by atoms with Crippen LogP contribution in [0.25, 0.3) is 10.4 Å². The van der Waals surface area contributed by atoms with Crippen molar-refractivity contribution >= 4 is 23.2 Å². The molecule has 1 unspecified atom stereocenters. The molecule has 0 bridgehead atoms. The van der Waals surface area contributed by atoms with Gasteiger partial charge in [-0.05, 0) is 67.1 Å². The first-order chi connectivity index (χ1) is 12.5. The molecule has 1 aromatic heterocycles.